The second-order valence-electron chi connectivity index (χ2n) is 6.55. The first kappa shape index (κ1) is 19.0. The molecule has 144 valence electrons. The van der Waals surface area contributed by atoms with E-state index in [1.807, 2.05) is 16.8 Å². The average molecular weight is 416 g/mol. The lowest BCUT2D eigenvalue weighted by Gasteiger charge is -2.47. The quantitative estimate of drug-likeness (QED) is 0.582. The molecule has 2 aromatic carbocycles. The molecular weight excluding hydrogens is 397 g/mol. The van der Waals surface area contributed by atoms with Crippen LogP contribution in [0.1, 0.15) is 23.3 Å². The fourth-order valence-corrected chi connectivity index (χ4v) is 5.27. The van der Waals surface area contributed by atoms with Gasteiger partial charge in [0.15, 0.2) is 0 Å². The molecule has 28 heavy (non-hydrogen) atoms. The van der Waals surface area contributed by atoms with Crippen molar-refractivity contribution in [3.05, 3.63) is 82.3 Å². The van der Waals surface area contributed by atoms with Crippen LogP contribution in [0.4, 0.5) is 10.1 Å². The number of phenolic OH excluding ortho intramolecular Hbond substituents is 1. The van der Waals surface area contributed by atoms with Crippen molar-refractivity contribution in [3.63, 3.8) is 0 Å². The minimum atomic E-state index is -0.635. The summed E-state index contributed by atoms with van der Waals surface area (Å²) in [5.74, 6) is 0.119. The van der Waals surface area contributed by atoms with E-state index < -0.39 is 6.10 Å². The molecule has 3 atom stereocenters. The molecule has 0 bridgehead atoms. The van der Waals surface area contributed by atoms with Crippen LogP contribution in [0.5, 0.6) is 5.75 Å². The normalized spacial score (nSPS) is 20.1. The Morgan fingerprint density at radius 3 is 2.46 bits per heavy atom. The minimum absolute atomic E-state index is 0.0767. The highest BCUT2D eigenvalue weighted by molar-refractivity contribution is 8.00. The Labute approximate surface area is 170 Å². The zero-order valence-electron chi connectivity index (χ0n) is 14.7. The number of thiophene rings is 1. The van der Waals surface area contributed by atoms with E-state index in [2.05, 4.69) is 0 Å². The summed E-state index contributed by atoms with van der Waals surface area (Å²) in [7, 11) is 0. The number of aromatic hydroxyl groups is 1. The van der Waals surface area contributed by atoms with Crippen LogP contribution in [0.15, 0.2) is 65.4 Å². The van der Waals surface area contributed by atoms with Gasteiger partial charge in [0.2, 0.25) is 5.91 Å². The second kappa shape index (κ2) is 7.95. The van der Waals surface area contributed by atoms with Gasteiger partial charge in [0.1, 0.15) is 16.8 Å². The fourth-order valence-electron chi connectivity index (χ4n) is 3.27. The van der Waals surface area contributed by atoms with Gasteiger partial charge in [-0.1, -0.05) is 12.1 Å². The molecule has 0 radical (unpaired) electrons. The third kappa shape index (κ3) is 3.65. The van der Waals surface area contributed by atoms with Crippen LogP contribution < -0.4 is 4.90 Å². The van der Waals surface area contributed by atoms with E-state index in [-0.39, 0.29) is 28.8 Å². The number of amides is 1. The molecule has 1 saturated heterocycles. The van der Waals surface area contributed by atoms with Crippen molar-refractivity contribution in [2.75, 3.05) is 10.7 Å². The van der Waals surface area contributed by atoms with E-state index in [0.717, 1.165) is 11.1 Å². The van der Waals surface area contributed by atoms with Crippen LogP contribution in [-0.4, -0.2) is 27.1 Å². The van der Waals surface area contributed by atoms with Gasteiger partial charge >= 0.3 is 0 Å². The molecule has 1 unspecified atom stereocenters. The lowest BCUT2D eigenvalue weighted by molar-refractivity contribution is -0.123. The molecule has 4 nitrogen and oxygen atoms in total. The number of phenols is 1. The van der Waals surface area contributed by atoms with Crippen molar-refractivity contribution >= 4 is 34.7 Å². The van der Waals surface area contributed by atoms with Crippen LogP contribution in [0.3, 0.4) is 0 Å². The molecule has 1 aliphatic heterocycles. The summed E-state index contributed by atoms with van der Waals surface area (Å²) in [5.41, 5.74) is 2.35. The zero-order chi connectivity index (χ0) is 19.7. The second-order valence-corrected chi connectivity index (χ2v) is 8.50. The monoisotopic (exact) mass is 415 g/mol. The van der Waals surface area contributed by atoms with Gasteiger partial charge in [-0.15, -0.1) is 11.8 Å². The predicted octanol–water partition coefficient (Wildman–Crippen LogP) is 4.52. The summed E-state index contributed by atoms with van der Waals surface area (Å²) in [6.07, 6.45) is -0.635. The zero-order valence-corrected chi connectivity index (χ0v) is 16.4. The van der Waals surface area contributed by atoms with E-state index in [9.17, 15) is 19.4 Å². The van der Waals surface area contributed by atoms with Crippen LogP contribution >= 0.6 is 23.1 Å². The first-order valence-corrected chi connectivity index (χ1v) is 10.7. The summed E-state index contributed by atoms with van der Waals surface area (Å²) in [4.78, 5) is 14.5. The summed E-state index contributed by atoms with van der Waals surface area (Å²) in [6.45, 7) is 0. The Morgan fingerprint density at radius 2 is 1.82 bits per heavy atom. The maximum atomic E-state index is 13.3. The molecule has 0 saturated carbocycles. The van der Waals surface area contributed by atoms with E-state index >= 15 is 0 Å². The number of rotatable bonds is 6. The van der Waals surface area contributed by atoms with Crippen LogP contribution in [-0.2, 0) is 4.79 Å². The Bertz CT molecular complexity index is 945. The number of benzene rings is 2. The molecule has 0 aliphatic carbocycles. The number of anilines is 1. The summed E-state index contributed by atoms with van der Waals surface area (Å²) < 4.78 is 13.3. The van der Waals surface area contributed by atoms with Gasteiger partial charge < -0.3 is 15.1 Å². The van der Waals surface area contributed by atoms with Crippen molar-refractivity contribution in [1.82, 2.24) is 0 Å². The third-order valence-corrected chi connectivity index (χ3v) is 6.77. The largest absolute Gasteiger partial charge is 0.508 e. The van der Waals surface area contributed by atoms with Gasteiger partial charge in [0, 0.05) is 11.4 Å². The molecule has 2 N–H and O–H groups in total. The number of hydrogen-bond acceptors (Lipinski definition) is 5. The summed E-state index contributed by atoms with van der Waals surface area (Å²) in [6, 6.07) is 14.2. The van der Waals surface area contributed by atoms with Crippen LogP contribution in [0.25, 0.3) is 0 Å². The van der Waals surface area contributed by atoms with Crippen molar-refractivity contribution in [1.29, 1.82) is 0 Å². The Balaban J connectivity index is 1.57. The number of thioether (sulfide) groups is 1. The topological polar surface area (TPSA) is 60.8 Å². The third-order valence-electron chi connectivity index (χ3n) is 4.75. The maximum absolute atomic E-state index is 13.3. The first-order valence-electron chi connectivity index (χ1n) is 8.74. The van der Waals surface area contributed by atoms with Crippen molar-refractivity contribution in [2.24, 2.45) is 0 Å². The highest BCUT2D eigenvalue weighted by Gasteiger charge is 2.49. The summed E-state index contributed by atoms with van der Waals surface area (Å²) >= 11 is 2.93. The molecule has 2 heterocycles. The fraction of sp³-hybridized carbons (Fsp3) is 0.190. The van der Waals surface area contributed by atoms with E-state index in [1.165, 1.54) is 35.2 Å². The Morgan fingerprint density at radius 1 is 1.11 bits per heavy atom. The highest BCUT2D eigenvalue weighted by Crippen LogP contribution is 2.46. The van der Waals surface area contributed by atoms with E-state index in [1.54, 1.807) is 41.3 Å². The Hall–Kier alpha value is -2.35. The summed E-state index contributed by atoms with van der Waals surface area (Å²) in [5, 5.41) is 23.4. The maximum Gasteiger partial charge on any atom is 0.243 e. The molecule has 1 aliphatic rings. The molecule has 3 aromatic rings. The lowest BCUT2D eigenvalue weighted by atomic mass is 9.92. The van der Waals surface area contributed by atoms with E-state index in [0.29, 0.717) is 11.4 Å². The standard InChI is InChI=1S/C21H18FNO3S2/c22-15-3-5-16(6-4-15)23-19(13-1-7-17(24)8-2-13)20(21(23)26)28-12-18(25)14-9-10-27-11-14/h1-11,18-20,24-25H,12H2/t18?,19-,20-/m1/s1. The van der Waals surface area contributed by atoms with Gasteiger partial charge in [-0.3, -0.25) is 4.79 Å². The highest BCUT2D eigenvalue weighted by atomic mass is 32.2. The molecule has 1 aromatic heterocycles. The number of aliphatic hydroxyl groups is 1. The van der Waals surface area contributed by atoms with Crippen molar-refractivity contribution in [2.45, 2.75) is 17.4 Å². The number of halogens is 1. The van der Waals surface area contributed by atoms with Gasteiger partial charge in [-0.2, -0.15) is 11.3 Å². The SMILES string of the molecule is O=C1[C@H](SCC(O)c2ccsc2)[C@@H](c2ccc(O)cc2)N1c1ccc(F)cc1. The van der Waals surface area contributed by atoms with Crippen LogP contribution in [0.2, 0.25) is 0 Å². The van der Waals surface area contributed by atoms with E-state index in [4.69, 9.17) is 0 Å². The van der Waals surface area contributed by atoms with Gasteiger partial charge in [-0.25, -0.2) is 4.39 Å². The number of nitrogens with zero attached hydrogens (tertiary/aromatic N) is 1. The number of hydrogen-bond donors (Lipinski definition) is 2. The Kier molecular flexibility index (Phi) is 5.39. The molecular formula is C21H18FNO3S2. The molecule has 1 fully saturated rings. The average Bonchev–Trinajstić information content (AvgIpc) is 3.23. The number of β-lactam (4-membered cyclic amide) rings is 1. The lowest BCUT2D eigenvalue weighted by Crippen LogP contribution is -2.57. The van der Waals surface area contributed by atoms with Crippen molar-refractivity contribution < 1.29 is 19.4 Å². The molecule has 4 rings (SSSR count). The molecule has 1 amide bonds. The van der Waals surface area contributed by atoms with Gasteiger partial charge in [-0.05, 0) is 64.4 Å². The smallest absolute Gasteiger partial charge is 0.243 e. The van der Waals surface area contributed by atoms with Gasteiger partial charge in [0.25, 0.3) is 0 Å². The number of aliphatic hydroxyl groups excluding tert-OH is 1. The predicted molar refractivity (Wildman–Crippen MR) is 110 cm³/mol. The van der Waals surface area contributed by atoms with Crippen LogP contribution in [0, 0.1) is 5.82 Å². The molecule has 0 spiro atoms. The minimum Gasteiger partial charge on any atom is -0.508 e. The number of carbonyl (C=O) groups is 1. The van der Waals surface area contributed by atoms with Crippen molar-refractivity contribution in [3.8, 4) is 5.75 Å². The van der Waals surface area contributed by atoms with Gasteiger partial charge in [0.05, 0.1) is 12.1 Å². The number of carbonyl (C=O) groups excluding carboxylic acids is 1. The molecule has 7 heteroatoms. The first-order chi connectivity index (χ1) is 13.5.